The molecule has 0 fully saturated rings. The number of aliphatic carboxylic acids is 1. The van der Waals surface area contributed by atoms with E-state index < -0.39 is 18.1 Å². The second-order valence-corrected chi connectivity index (χ2v) is 5.22. The summed E-state index contributed by atoms with van der Waals surface area (Å²) in [5.74, 6) is -3.29. The highest BCUT2D eigenvalue weighted by atomic mass is 19.4. The molecule has 0 aliphatic carbocycles. The number of rotatable bonds is 2. The molecule has 0 saturated heterocycles. The van der Waals surface area contributed by atoms with Gasteiger partial charge in [-0.25, -0.2) is 9.78 Å². The molecule has 3 rings (SSSR count). The van der Waals surface area contributed by atoms with Gasteiger partial charge in [-0.05, 0) is 35.4 Å². The number of carboxylic acids is 1. The Labute approximate surface area is 145 Å². The smallest absolute Gasteiger partial charge is 0.490 e. The standard InChI is InChI=1S/C14H13N3O2.C2HF3O2/c18-12-2-1-5-16-13(12)14(19)17-11-4-3-9-7-15-8-10(9)6-11;3-2(4,5)1(6)7/h1-6,15,18H,7-8H2,(H,17,19);(H,6,7). The summed E-state index contributed by atoms with van der Waals surface area (Å²) in [6.07, 6.45) is -3.61. The summed E-state index contributed by atoms with van der Waals surface area (Å²) in [4.78, 5) is 24.8. The van der Waals surface area contributed by atoms with Crippen LogP contribution in [-0.4, -0.2) is 33.2 Å². The lowest BCUT2D eigenvalue weighted by Crippen LogP contribution is -2.21. The molecule has 1 aromatic heterocycles. The summed E-state index contributed by atoms with van der Waals surface area (Å²) in [7, 11) is 0. The molecule has 0 unspecified atom stereocenters. The largest absolute Gasteiger partial charge is 0.505 e. The third-order valence-corrected chi connectivity index (χ3v) is 3.34. The van der Waals surface area contributed by atoms with E-state index in [1.165, 1.54) is 23.4 Å². The van der Waals surface area contributed by atoms with E-state index in [-0.39, 0.29) is 11.4 Å². The van der Waals surface area contributed by atoms with Crippen molar-refractivity contribution in [3.63, 3.8) is 0 Å². The van der Waals surface area contributed by atoms with Crippen LogP contribution in [0.15, 0.2) is 36.5 Å². The van der Waals surface area contributed by atoms with Gasteiger partial charge in [0.1, 0.15) is 5.75 Å². The van der Waals surface area contributed by atoms with Crippen LogP contribution in [-0.2, 0) is 17.9 Å². The van der Waals surface area contributed by atoms with E-state index in [4.69, 9.17) is 9.90 Å². The lowest BCUT2D eigenvalue weighted by Gasteiger charge is -2.07. The van der Waals surface area contributed by atoms with Crippen LogP contribution >= 0.6 is 0 Å². The fraction of sp³-hybridized carbons (Fsp3) is 0.188. The SMILES string of the molecule is O=C(Nc1ccc2c(c1)CNC2)c1ncccc1O.O=C(O)C(F)(F)F. The van der Waals surface area contributed by atoms with Crippen molar-refractivity contribution in [1.82, 2.24) is 10.3 Å². The first-order chi connectivity index (χ1) is 12.2. The Morgan fingerprint density at radius 2 is 1.81 bits per heavy atom. The minimum Gasteiger partial charge on any atom is -0.505 e. The van der Waals surface area contributed by atoms with Crippen LogP contribution in [0.3, 0.4) is 0 Å². The van der Waals surface area contributed by atoms with E-state index in [9.17, 15) is 23.1 Å². The molecular weight excluding hydrogens is 355 g/mol. The van der Waals surface area contributed by atoms with Crippen molar-refractivity contribution >= 4 is 17.6 Å². The second kappa shape index (κ2) is 7.83. The van der Waals surface area contributed by atoms with Crippen molar-refractivity contribution in [3.05, 3.63) is 53.3 Å². The van der Waals surface area contributed by atoms with E-state index in [0.717, 1.165) is 13.1 Å². The Morgan fingerprint density at radius 3 is 2.42 bits per heavy atom. The number of carbonyl (C=O) groups is 2. The Balaban J connectivity index is 0.000000298. The summed E-state index contributed by atoms with van der Waals surface area (Å²) in [6.45, 7) is 1.68. The van der Waals surface area contributed by atoms with Gasteiger partial charge in [0, 0.05) is 25.0 Å². The van der Waals surface area contributed by atoms with Gasteiger partial charge in [-0.3, -0.25) is 4.79 Å². The minimum atomic E-state index is -5.08. The molecule has 1 aromatic carbocycles. The molecule has 4 N–H and O–H groups in total. The molecule has 26 heavy (non-hydrogen) atoms. The lowest BCUT2D eigenvalue weighted by atomic mass is 10.1. The van der Waals surface area contributed by atoms with Gasteiger partial charge >= 0.3 is 12.1 Å². The van der Waals surface area contributed by atoms with Crippen molar-refractivity contribution in [2.75, 3.05) is 5.32 Å². The molecule has 0 saturated carbocycles. The first-order valence-electron chi connectivity index (χ1n) is 7.26. The first-order valence-corrected chi connectivity index (χ1v) is 7.26. The molecule has 0 spiro atoms. The third-order valence-electron chi connectivity index (χ3n) is 3.34. The highest BCUT2D eigenvalue weighted by Crippen LogP contribution is 2.21. The Hall–Kier alpha value is -3.14. The maximum atomic E-state index is 12.0. The molecule has 0 radical (unpaired) electrons. The Morgan fingerprint density at radius 1 is 1.15 bits per heavy atom. The fourth-order valence-electron chi connectivity index (χ4n) is 2.13. The molecule has 2 aromatic rings. The number of hydrogen-bond donors (Lipinski definition) is 4. The zero-order valence-corrected chi connectivity index (χ0v) is 13.2. The normalized spacial score (nSPS) is 12.6. The molecule has 7 nitrogen and oxygen atoms in total. The van der Waals surface area contributed by atoms with Crippen LogP contribution < -0.4 is 10.6 Å². The average molecular weight is 369 g/mol. The van der Waals surface area contributed by atoms with Crippen LogP contribution in [0.4, 0.5) is 18.9 Å². The number of halogens is 3. The van der Waals surface area contributed by atoms with Crippen LogP contribution in [0.2, 0.25) is 0 Å². The number of pyridine rings is 1. The number of hydrogen-bond acceptors (Lipinski definition) is 5. The zero-order valence-electron chi connectivity index (χ0n) is 13.2. The first kappa shape index (κ1) is 19.2. The number of fused-ring (bicyclic) bond motifs is 1. The van der Waals surface area contributed by atoms with Gasteiger partial charge in [0.15, 0.2) is 5.69 Å². The molecule has 138 valence electrons. The van der Waals surface area contributed by atoms with Gasteiger partial charge in [-0.2, -0.15) is 13.2 Å². The summed E-state index contributed by atoms with van der Waals surface area (Å²) < 4.78 is 31.7. The maximum Gasteiger partial charge on any atom is 0.490 e. The van der Waals surface area contributed by atoms with E-state index in [0.29, 0.717) is 5.69 Å². The predicted molar refractivity (Wildman–Crippen MR) is 84.5 cm³/mol. The fourth-order valence-corrected chi connectivity index (χ4v) is 2.13. The summed E-state index contributed by atoms with van der Waals surface area (Å²) >= 11 is 0. The second-order valence-electron chi connectivity index (χ2n) is 5.22. The minimum absolute atomic E-state index is 0.0288. The van der Waals surface area contributed by atoms with E-state index in [2.05, 4.69) is 15.6 Å². The van der Waals surface area contributed by atoms with Crippen molar-refractivity contribution < 1.29 is 33.0 Å². The van der Waals surface area contributed by atoms with Crippen LogP contribution in [0.5, 0.6) is 5.75 Å². The quantitative estimate of drug-likeness (QED) is 0.646. The third kappa shape index (κ3) is 4.93. The van der Waals surface area contributed by atoms with Gasteiger partial charge in [0.05, 0.1) is 0 Å². The number of carboxylic acid groups (broad SMARTS) is 1. The number of benzene rings is 1. The number of alkyl halides is 3. The Kier molecular flexibility index (Phi) is 5.78. The van der Waals surface area contributed by atoms with Gasteiger partial charge in [0.2, 0.25) is 0 Å². The summed E-state index contributed by atoms with van der Waals surface area (Å²) in [5, 5.41) is 22.7. The van der Waals surface area contributed by atoms with Crippen molar-refractivity contribution in [1.29, 1.82) is 0 Å². The lowest BCUT2D eigenvalue weighted by molar-refractivity contribution is -0.192. The molecule has 0 atom stereocenters. The monoisotopic (exact) mass is 369 g/mol. The van der Waals surface area contributed by atoms with Crippen LogP contribution in [0.1, 0.15) is 21.6 Å². The molecule has 2 heterocycles. The number of aromatic hydroxyl groups is 1. The summed E-state index contributed by atoms with van der Waals surface area (Å²) in [6, 6.07) is 8.79. The zero-order chi connectivity index (χ0) is 19.3. The van der Waals surface area contributed by atoms with E-state index in [1.54, 1.807) is 6.07 Å². The van der Waals surface area contributed by atoms with Crippen LogP contribution in [0, 0.1) is 0 Å². The topological polar surface area (TPSA) is 112 Å². The van der Waals surface area contributed by atoms with Gasteiger partial charge < -0.3 is 20.8 Å². The van der Waals surface area contributed by atoms with Gasteiger partial charge in [0.25, 0.3) is 5.91 Å². The molecule has 0 bridgehead atoms. The Bertz CT molecular complexity index is 825. The highest BCUT2D eigenvalue weighted by molar-refractivity contribution is 6.04. The van der Waals surface area contributed by atoms with Crippen molar-refractivity contribution in [2.45, 2.75) is 19.3 Å². The predicted octanol–water partition coefficient (Wildman–Crippen LogP) is 2.28. The molecule has 1 amide bonds. The molecule has 10 heteroatoms. The number of carbonyl (C=O) groups excluding carboxylic acids is 1. The number of aromatic nitrogens is 1. The maximum absolute atomic E-state index is 12.0. The van der Waals surface area contributed by atoms with Gasteiger partial charge in [-0.15, -0.1) is 0 Å². The van der Waals surface area contributed by atoms with Crippen molar-refractivity contribution in [3.8, 4) is 5.75 Å². The number of nitrogens with zero attached hydrogens (tertiary/aromatic N) is 1. The highest BCUT2D eigenvalue weighted by Gasteiger charge is 2.38. The summed E-state index contributed by atoms with van der Waals surface area (Å²) in [5.41, 5.74) is 3.17. The number of nitrogens with one attached hydrogen (secondary N) is 2. The van der Waals surface area contributed by atoms with E-state index in [1.807, 2.05) is 18.2 Å². The molecule has 1 aliphatic rings. The van der Waals surface area contributed by atoms with Crippen LogP contribution in [0.25, 0.3) is 0 Å². The molecular formula is C16H14F3N3O4. The van der Waals surface area contributed by atoms with Crippen molar-refractivity contribution in [2.24, 2.45) is 0 Å². The number of anilines is 1. The van der Waals surface area contributed by atoms with Gasteiger partial charge in [-0.1, -0.05) is 6.07 Å². The number of amides is 1. The molecule has 1 aliphatic heterocycles. The average Bonchev–Trinajstić information content (AvgIpc) is 3.02. The van der Waals surface area contributed by atoms with E-state index >= 15 is 0 Å².